The van der Waals surface area contributed by atoms with Crippen molar-refractivity contribution in [2.24, 2.45) is 0 Å². The Morgan fingerprint density at radius 2 is 2.07 bits per heavy atom. The van der Waals surface area contributed by atoms with Crippen molar-refractivity contribution < 1.29 is 9.18 Å². The minimum absolute atomic E-state index is 0.0914. The zero-order chi connectivity index (χ0) is 20.2. The van der Waals surface area contributed by atoms with Gasteiger partial charge < -0.3 is 10.6 Å². The smallest absolute Gasteiger partial charge is 0.315 e. The fraction of sp³-hybridized carbons (Fsp3) is 0.273. The Kier molecular flexibility index (Phi) is 5.81. The molecule has 1 atom stereocenters. The van der Waals surface area contributed by atoms with Crippen LogP contribution in [-0.4, -0.2) is 15.8 Å². The molecule has 2 aromatic carbocycles. The topological polar surface area (TPSA) is 59.0 Å². The van der Waals surface area contributed by atoms with Crippen LogP contribution in [0.3, 0.4) is 0 Å². The van der Waals surface area contributed by atoms with E-state index in [2.05, 4.69) is 27.9 Å². The standard InChI is InChI=1S/C22H22ClFN4O/c23-19-10-9-17(24)11-16(19)12-25-22(29)27-20-7-4-8-21-18(20)13-26-28(21)14-15-5-2-1-3-6-15/h1-3,5-6,9-11,13,20H,4,7-8,12,14H2,(H2,25,27,29). The first kappa shape index (κ1) is 19.5. The number of fused-ring (bicyclic) bond motifs is 1. The van der Waals surface area contributed by atoms with Gasteiger partial charge in [0.15, 0.2) is 0 Å². The van der Waals surface area contributed by atoms with E-state index >= 15 is 0 Å². The molecular weight excluding hydrogens is 391 g/mol. The highest BCUT2D eigenvalue weighted by Gasteiger charge is 2.25. The van der Waals surface area contributed by atoms with E-state index in [9.17, 15) is 9.18 Å². The number of carbonyl (C=O) groups excluding carboxylic acids is 1. The highest BCUT2D eigenvalue weighted by molar-refractivity contribution is 6.31. The average molecular weight is 413 g/mol. The van der Waals surface area contributed by atoms with Crippen LogP contribution in [0.1, 0.15) is 41.3 Å². The van der Waals surface area contributed by atoms with Crippen LogP contribution in [0.4, 0.5) is 9.18 Å². The molecule has 0 radical (unpaired) electrons. The van der Waals surface area contributed by atoms with E-state index in [1.54, 1.807) is 0 Å². The largest absolute Gasteiger partial charge is 0.334 e. The van der Waals surface area contributed by atoms with Crippen molar-refractivity contribution in [2.45, 2.75) is 38.4 Å². The molecule has 2 amide bonds. The lowest BCUT2D eigenvalue weighted by Crippen LogP contribution is -2.38. The molecule has 7 heteroatoms. The molecule has 4 rings (SSSR count). The second-order valence-electron chi connectivity index (χ2n) is 7.20. The number of urea groups is 1. The Balaban J connectivity index is 1.40. The summed E-state index contributed by atoms with van der Waals surface area (Å²) in [4.78, 5) is 12.4. The summed E-state index contributed by atoms with van der Waals surface area (Å²) in [5.74, 6) is -0.380. The molecule has 0 aliphatic heterocycles. The predicted octanol–water partition coefficient (Wildman–Crippen LogP) is 4.60. The SMILES string of the molecule is O=C(NCc1cc(F)ccc1Cl)NC1CCCc2c1cnn2Cc1ccccc1. The molecular formula is C22H22ClFN4O. The van der Waals surface area contributed by atoms with E-state index < -0.39 is 0 Å². The fourth-order valence-corrected chi connectivity index (χ4v) is 3.91. The van der Waals surface area contributed by atoms with Crippen molar-refractivity contribution in [1.29, 1.82) is 0 Å². The maximum atomic E-state index is 13.4. The summed E-state index contributed by atoms with van der Waals surface area (Å²) in [5.41, 5.74) is 3.96. The Labute approximate surface area is 173 Å². The summed E-state index contributed by atoms with van der Waals surface area (Å²) in [6, 6.07) is 13.9. The predicted molar refractivity (Wildman–Crippen MR) is 110 cm³/mol. The van der Waals surface area contributed by atoms with Gasteiger partial charge in [-0.1, -0.05) is 41.9 Å². The molecule has 1 heterocycles. The minimum atomic E-state index is -0.380. The molecule has 0 saturated carbocycles. The van der Waals surface area contributed by atoms with Crippen LogP contribution in [0, 0.1) is 5.82 Å². The fourth-order valence-electron chi connectivity index (χ4n) is 3.72. The normalized spacial score (nSPS) is 15.6. The number of carbonyl (C=O) groups is 1. The van der Waals surface area contributed by atoms with Gasteiger partial charge in [-0.3, -0.25) is 4.68 Å². The van der Waals surface area contributed by atoms with Gasteiger partial charge >= 0.3 is 6.03 Å². The van der Waals surface area contributed by atoms with E-state index in [0.29, 0.717) is 17.1 Å². The van der Waals surface area contributed by atoms with Gasteiger partial charge in [0.1, 0.15) is 5.82 Å². The molecule has 1 aromatic heterocycles. The van der Waals surface area contributed by atoms with Crippen LogP contribution in [0.2, 0.25) is 5.02 Å². The molecule has 0 fully saturated rings. The quantitative estimate of drug-likeness (QED) is 0.643. The number of nitrogens with zero attached hydrogens (tertiary/aromatic N) is 2. The Bertz CT molecular complexity index is 1010. The van der Waals surface area contributed by atoms with Gasteiger partial charge in [0.25, 0.3) is 0 Å². The molecule has 1 unspecified atom stereocenters. The Morgan fingerprint density at radius 1 is 1.24 bits per heavy atom. The van der Waals surface area contributed by atoms with Crippen molar-refractivity contribution >= 4 is 17.6 Å². The lowest BCUT2D eigenvalue weighted by Gasteiger charge is -2.24. The maximum absolute atomic E-state index is 13.4. The van der Waals surface area contributed by atoms with Crippen molar-refractivity contribution in [3.05, 3.63) is 88.0 Å². The summed E-state index contributed by atoms with van der Waals surface area (Å²) in [7, 11) is 0. The maximum Gasteiger partial charge on any atom is 0.315 e. The van der Waals surface area contributed by atoms with E-state index in [4.69, 9.17) is 11.6 Å². The molecule has 3 aromatic rings. The van der Waals surface area contributed by atoms with Gasteiger partial charge in [-0.15, -0.1) is 0 Å². The lowest BCUT2D eigenvalue weighted by molar-refractivity contribution is 0.235. The van der Waals surface area contributed by atoms with Crippen molar-refractivity contribution in [3.63, 3.8) is 0 Å². The summed E-state index contributed by atoms with van der Waals surface area (Å²) < 4.78 is 15.4. The van der Waals surface area contributed by atoms with Crippen LogP contribution in [-0.2, 0) is 19.5 Å². The van der Waals surface area contributed by atoms with Crippen LogP contribution < -0.4 is 10.6 Å². The molecule has 150 valence electrons. The first-order chi connectivity index (χ1) is 14.1. The van der Waals surface area contributed by atoms with Gasteiger partial charge in [-0.05, 0) is 48.6 Å². The molecule has 2 N–H and O–H groups in total. The third kappa shape index (κ3) is 4.59. The molecule has 0 saturated heterocycles. The molecule has 29 heavy (non-hydrogen) atoms. The number of hydrogen-bond donors (Lipinski definition) is 2. The highest BCUT2D eigenvalue weighted by Crippen LogP contribution is 2.30. The second-order valence-corrected chi connectivity index (χ2v) is 7.60. The van der Waals surface area contributed by atoms with Crippen molar-refractivity contribution in [3.8, 4) is 0 Å². The van der Waals surface area contributed by atoms with E-state index in [1.807, 2.05) is 29.1 Å². The van der Waals surface area contributed by atoms with Crippen LogP contribution >= 0.6 is 11.6 Å². The monoisotopic (exact) mass is 412 g/mol. The molecule has 0 spiro atoms. The number of hydrogen-bond acceptors (Lipinski definition) is 2. The molecule has 0 bridgehead atoms. The molecule has 5 nitrogen and oxygen atoms in total. The van der Waals surface area contributed by atoms with Gasteiger partial charge in [0.05, 0.1) is 18.8 Å². The molecule has 1 aliphatic carbocycles. The number of aromatic nitrogens is 2. The second kappa shape index (κ2) is 8.66. The summed E-state index contributed by atoms with van der Waals surface area (Å²) in [5, 5.41) is 10.8. The van der Waals surface area contributed by atoms with Gasteiger partial charge in [0.2, 0.25) is 0 Å². The van der Waals surface area contributed by atoms with Gasteiger partial charge in [-0.2, -0.15) is 5.10 Å². The zero-order valence-electron chi connectivity index (χ0n) is 15.9. The third-order valence-electron chi connectivity index (χ3n) is 5.19. The van der Waals surface area contributed by atoms with Crippen LogP contribution in [0.25, 0.3) is 0 Å². The third-order valence-corrected chi connectivity index (χ3v) is 5.56. The number of rotatable bonds is 5. The number of benzene rings is 2. The van der Waals surface area contributed by atoms with E-state index in [-0.39, 0.29) is 24.4 Å². The van der Waals surface area contributed by atoms with Crippen molar-refractivity contribution in [1.82, 2.24) is 20.4 Å². The zero-order valence-corrected chi connectivity index (χ0v) is 16.6. The lowest BCUT2D eigenvalue weighted by atomic mass is 9.93. The van der Waals surface area contributed by atoms with Gasteiger partial charge in [-0.25, -0.2) is 9.18 Å². The average Bonchev–Trinajstić information content (AvgIpc) is 3.13. The first-order valence-electron chi connectivity index (χ1n) is 9.67. The number of halogens is 2. The Hall–Kier alpha value is -2.86. The van der Waals surface area contributed by atoms with E-state index in [1.165, 1.54) is 29.5 Å². The Morgan fingerprint density at radius 3 is 2.90 bits per heavy atom. The number of nitrogens with one attached hydrogen (secondary N) is 2. The first-order valence-corrected chi connectivity index (χ1v) is 10.0. The van der Waals surface area contributed by atoms with Crippen molar-refractivity contribution in [2.75, 3.05) is 0 Å². The van der Waals surface area contributed by atoms with Gasteiger partial charge in [0, 0.05) is 22.8 Å². The summed E-state index contributed by atoms with van der Waals surface area (Å²) in [6.07, 6.45) is 4.64. The summed E-state index contributed by atoms with van der Waals surface area (Å²) in [6.45, 7) is 0.877. The number of amides is 2. The van der Waals surface area contributed by atoms with Crippen LogP contribution in [0.5, 0.6) is 0 Å². The minimum Gasteiger partial charge on any atom is -0.334 e. The van der Waals surface area contributed by atoms with Crippen LogP contribution in [0.15, 0.2) is 54.7 Å². The van der Waals surface area contributed by atoms with E-state index in [0.717, 1.165) is 24.8 Å². The summed E-state index contributed by atoms with van der Waals surface area (Å²) >= 11 is 6.06. The molecule has 1 aliphatic rings. The highest BCUT2D eigenvalue weighted by atomic mass is 35.5.